The molecule has 66 heavy (non-hydrogen) atoms. The molecule has 1 N–H and O–H groups in total. The van der Waals surface area contributed by atoms with Crippen molar-refractivity contribution in [2.24, 2.45) is 9.98 Å². The smallest absolute Gasteiger partial charge is 0.159 e. The highest BCUT2D eigenvalue weighted by atomic mass is 16.3. The summed E-state index contributed by atoms with van der Waals surface area (Å²) in [5.41, 5.74) is 14.7. The number of hydrogen-bond donors (Lipinski definition) is 1. The number of hydrogen-bond acceptors (Lipinski definition) is 4. The molecule has 13 rings (SSSR count). The minimum absolute atomic E-state index is 0.355. The topological polar surface area (TPSA) is 54.8 Å². The third-order valence-corrected chi connectivity index (χ3v) is 13.1. The monoisotopic (exact) mass is 844 g/mol. The first kappa shape index (κ1) is 37.7. The normalized spacial score (nSPS) is 13.9. The van der Waals surface area contributed by atoms with Crippen molar-refractivity contribution in [1.29, 1.82) is 0 Å². The lowest BCUT2D eigenvalue weighted by Crippen LogP contribution is -2.33. The van der Waals surface area contributed by atoms with Gasteiger partial charge in [-0.05, 0) is 81.1 Å². The van der Waals surface area contributed by atoms with Crippen LogP contribution in [0.2, 0.25) is 0 Å². The van der Waals surface area contributed by atoms with Crippen LogP contribution in [0.1, 0.15) is 22.9 Å². The van der Waals surface area contributed by atoms with E-state index in [-0.39, 0.29) is 6.17 Å². The Morgan fingerprint density at radius 1 is 0.409 bits per heavy atom. The molecule has 0 aliphatic carbocycles. The minimum Gasteiger partial charge on any atom is -0.455 e. The second kappa shape index (κ2) is 15.5. The molecule has 10 aromatic carbocycles. The van der Waals surface area contributed by atoms with Gasteiger partial charge < -0.3 is 14.3 Å². The summed E-state index contributed by atoms with van der Waals surface area (Å²) in [5, 5.41) is 10.7. The third-order valence-electron chi connectivity index (χ3n) is 13.1. The van der Waals surface area contributed by atoms with Crippen LogP contribution in [0, 0.1) is 0 Å². The molecule has 3 heterocycles. The van der Waals surface area contributed by atoms with E-state index in [2.05, 4.69) is 216 Å². The van der Waals surface area contributed by atoms with E-state index in [1.165, 1.54) is 32.7 Å². The van der Waals surface area contributed by atoms with E-state index in [1.807, 2.05) is 24.3 Å². The molecule has 5 heteroatoms. The average Bonchev–Trinajstić information content (AvgIpc) is 3.94. The Morgan fingerprint density at radius 2 is 1.00 bits per heavy atom. The van der Waals surface area contributed by atoms with Gasteiger partial charge >= 0.3 is 0 Å². The highest BCUT2D eigenvalue weighted by Crippen LogP contribution is 2.42. The number of aliphatic imine (C=N–C) groups is 2. The maximum atomic E-state index is 6.77. The van der Waals surface area contributed by atoms with Crippen LogP contribution >= 0.6 is 0 Å². The summed E-state index contributed by atoms with van der Waals surface area (Å²) in [6.45, 7) is 0. The number of fused-ring (bicyclic) bond motifs is 7. The Hall–Kier alpha value is -8.80. The van der Waals surface area contributed by atoms with E-state index < -0.39 is 0 Å². The molecule has 5 nitrogen and oxygen atoms in total. The van der Waals surface area contributed by atoms with Gasteiger partial charge in [0.15, 0.2) is 5.84 Å². The maximum Gasteiger partial charge on any atom is 0.159 e. The Balaban J connectivity index is 0.982. The van der Waals surface area contributed by atoms with Crippen LogP contribution in [0.5, 0.6) is 0 Å². The zero-order valence-corrected chi connectivity index (χ0v) is 35.8. The SMILES string of the molecule is c1ccc(-c2ccc(-c3ccc(C4=NC(c5ccc(-n6c7ccccc7c7cc8ccccc8cc76)c(-c6cccc7c6oc6ccccc67)c5)=NC(c5ccccc5)N4)cc3)cc2)cc1. The summed E-state index contributed by atoms with van der Waals surface area (Å²) in [5.74, 6) is 1.41. The van der Waals surface area contributed by atoms with Crippen molar-refractivity contribution in [2.75, 3.05) is 0 Å². The Kier molecular flexibility index (Phi) is 8.84. The van der Waals surface area contributed by atoms with Crippen LogP contribution < -0.4 is 5.32 Å². The lowest BCUT2D eigenvalue weighted by atomic mass is 9.97. The van der Waals surface area contributed by atoms with Gasteiger partial charge in [0.1, 0.15) is 23.2 Å². The molecule has 1 aliphatic rings. The molecule has 0 radical (unpaired) electrons. The minimum atomic E-state index is -0.355. The van der Waals surface area contributed by atoms with Gasteiger partial charge in [0.2, 0.25) is 0 Å². The molecule has 1 atom stereocenters. The van der Waals surface area contributed by atoms with Crippen LogP contribution in [-0.4, -0.2) is 16.2 Å². The third kappa shape index (κ3) is 6.40. The van der Waals surface area contributed by atoms with E-state index in [4.69, 9.17) is 14.4 Å². The molecule has 12 aromatic rings. The molecule has 0 spiro atoms. The molecular formula is C61H40N4O. The van der Waals surface area contributed by atoms with E-state index >= 15 is 0 Å². The molecule has 0 amide bonds. The Morgan fingerprint density at radius 3 is 1.76 bits per heavy atom. The molecule has 0 saturated heterocycles. The number of para-hydroxylation sites is 3. The zero-order chi connectivity index (χ0) is 43.6. The fourth-order valence-corrected chi connectivity index (χ4v) is 9.80. The number of furan rings is 1. The predicted molar refractivity (Wildman–Crippen MR) is 274 cm³/mol. The fraction of sp³-hybridized carbons (Fsp3) is 0.0164. The molecule has 0 bridgehead atoms. The summed E-state index contributed by atoms with van der Waals surface area (Å²) >= 11 is 0. The van der Waals surface area contributed by atoms with Crippen molar-refractivity contribution in [3.8, 4) is 39.1 Å². The van der Waals surface area contributed by atoms with Gasteiger partial charge in [0, 0.05) is 43.8 Å². The molecule has 0 saturated carbocycles. The number of benzene rings is 10. The van der Waals surface area contributed by atoms with Gasteiger partial charge in [0.05, 0.1) is 16.7 Å². The van der Waals surface area contributed by atoms with Crippen LogP contribution in [0.15, 0.2) is 245 Å². The number of amidine groups is 2. The summed E-state index contributed by atoms with van der Waals surface area (Å²) in [4.78, 5) is 10.7. The summed E-state index contributed by atoms with van der Waals surface area (Å²) in [6, 6.07) is 81.7. The van der Waals surface area contributed by atoms with Crippen LogP contribution in [0.25, 0.3) is 93.6 Å². The first-order valence-electron chi connectivity index (χ1n) is 22.4. The van der Waals surface area contributed by atoms with Crippen LogP contribution in [-0.2, 0) is 0 Å². The highest BCUT2D eigenvalue weighted by molar-refractivity contribution is 6.17. The van der Waals surface area contributed by atoms with Gasteiger partial charge in [-0.1, -0.05) is 188 Å². The molecule has 0 fully saturated rings. The van der Waals surface area contributed by atoms with Crippen molar-refractivity contribution in [3.63, 3.8) is 0 Å². The molecular weight excluding hydrogens is 805 g/mol. The largest absolute Gasteiger partial charge is 0.455 e. The zero-order valence-electron chi connectivity index (χ0n) is 35.8. The van der Waals surface area contributed by atoms with E-state index in [0.717, 1.165) is 83.4 Å². The number of nitrogens with zero attached hydrogens (tertiary/aromatic N) is 3. The summed E-state index contributed by atoms with van der Waals surface area (Å²) in [6.07, 6.45) is -0.355. The molecule has 310 valence electrons. The summed E-state index contributed by atoms with van der Waals surface area (Å²) < 4.78 is 9.19. The van der Waals surface area contributed by atoms with Gasteiger partial charge in [-0.15, -0.1) is 0 Å². The number of nitrogens with one attached hydrogen (secondary N) is 1. The van der Waals surface area contributed by atoms with Crippen molar-refractivity contribution in [2.45, 2.75) is 6.17 Å². The van der Waals surface area contributed by atoms with Gasteiger partial charge in [-0.2, -0.15) is 0 Å². The number of aromatic nitrogens is 1. The van der Waals surface area contributed by atoms with E-state index in [9.17, 15) is 0 Å². The second-order valence-electron chi connectivity index (χ2n) is 17.0. The Labute approximate surface area is 381 Å². The van der Waals surface area contributed by atoms with Gasteiger partial charge in [-0.25, -0.2) is 9.98 Å². The van der Waals surface area contributed by atoms with Crippen molar-refractivity contribution < 1.29 is 4.42 Å². The average molecular weight is 845 g/mol. The first-order valence-corrected chi connectivity index (χ1v) is 22.4. The fourth-order valence-electron chi connectivity index (χ4n) is 9.80. The van der Waals surface area contributed by atoms with Crippen molar-refractivity contribution in [1.82, 2.24) is 9.88 Å². The van der Waals surface area contributed by atoms with E-state index in [1.54, 1.807) is 0 Å². The molecule has 1 aliphatic heterocycles. The maximum absolute atomic E-state index is 6.77. The van der Waals surface area contributed by atoms with Crippen molar-refractivity contribution >= 4 is 66.2 Å². The summed E-state index contributed by atoms with van der Waals surface area (Å²) in [7, 11) is 0. The van der Waals surface area contributed by atoms with Crippen molar-refractivity contribution in [3.05, 3.63) is 247 Å². The highest BCUT2D eigenvalue weighted by Gasteiger charge is 2.24. The first-order chi connectivity index (χ1) is 32.7. The lowest BCUT2D eigenvalue weighted by molar-refractivity contribution is 0.670. The quantitative estimate of drug-likeness (QED) is 0.174. The van der Waals surface area contributed by atoms with Gasteiger partial charge in [0.25, 0.3) is 0 Å². The van der Waals surface area contributed by atoms with E-state index in [0.29, 0.717) is 5.84 Å². The van der Waals surface area contributed by atoms with Crippen LogP contribution in [0.4, 0.5) is 0 Å². The van der Waals surface area contributed by atoms with Gasteiger partial charge in [-0.3, -0.25) is 0 Å². The second-order valence-corrected chi connectivity index (χ2v) is 17.0. The predicted octanol–water partition coefficient (Wildman–Crippen LogP) is 15.3. The Bertz CT molecular complexity index is 3880. The number of rotatable bonds is 7. The lowest BCUT2D eigenvalue weighted by Gasteiger charge is -2.24. The van der Waals surface area contributed by atoms with Crippen LogP contribution in [0.3, 0.4) is 0 Å². The molecule has 2 aromatic heterocycles. The molecule has 1 unspecified atom stereocenters. The standard InChI is InChI=1S/C61H40N4O/c1-3-14-39(15-4-1)40-26-28-41(29-27-40)42-30-32-44(33-31-42)60-62-59(43-16-5-2-6-17-43)63-61(64-60)47-34-35-55(53(37-47)51-23-13-22-50-49-21-10-12-25-57(49)66-58(50)51)65-54-24-11-9-20-48(54)52-36-45-18-7-8-19-46(45)38-56(52)65/h1-38,59H,(H,62,63,64).